The zero-order valence-electron chi connectivity index (χ0n) is 36.1. The van der Waals surface area contributed by atoms with E-state index in [0.29, 0.717) is 58.9 Å². The number of ether oxygens (including phenoxy) is 6. The van der Waals surface area contributed by atoms with Gasteiger partial charge in [-0.15, -0.1) is 15.2 Å². The molecule has 4 aromatic carbocycles. The molecule has 4 N–H and O–H groups in total. The number of hydrogen-bond acceptors (Lipinski definition) is 16. The molecule has 1 saturated carbocycles. The molecule has 1 heterocycles. The van der Waals surface area contributed by atoms with Gasteiger partial charge in [0.25, 0.3) is 17.6 Å². The van der Waals surface area contributed by atoms with Gasteiger partial charge in [-0.05, 0) is 86.4 Å². The zero-order valence-corrected chi connectivity index (χ0v) is 36.1. The van der Waals surface area contributed by atoms with Crippen LogP contribution in [0.5, 0.6) is 6.01 Å². The Balaban J connectivity index is 0.000000762. The first-order chi connectivity index (χ1) is 30.9. The van der Waals surface area contributed by atoms with E-state index >= 15 is 0 Å². The molecule has 0 radical (unpaired) electrons. The summed E-state index contributed by atoms with van der Waals surface area (Å²) in [6, 6.07) is 27.3. The molecular weight excluding hydrogens is 831 g/mol. The van der Waals surface area contributed by atoms with Gasteiger partial charge in [-0.25, -0.2) is 15.4 Å². The monoisotopic (exact) mass is 883 g/mol. The molecule has 0 saturated heterocycles. The van der Waals surface area contributed by atoms with E-state index in [1.54, 1.807) is 49.4 Å². The summed E-state index contributed by atoms with van der Waals surface area (Å²) >= 11 is 0. The van der Waals surface area contributed by atoms with Crippen LogP contribution < -0.4 is 16.3 Å². The van der Waals surface area contributed by atoms with Crippen molar-refractivity contribution < 1.29 is 52.7 Å². The van der Waals surface area contributed by atoms with Crippen LogP contribution in [-0.2, 0) is 53.1 Å². The number of esters is 1. The molecule has 0 spiro atoms. The fourth-order valence-corrected chi connectivity index (χ4v) is 6.75. The second-order valence-corrected chi connectivity index (χ2v) is 14.5. The average molecular weight is 884 g/mol. The van der Waals surface area contributed by atoms with Crippen LogP contribution in [0.4, 0.5) is 4.79 Å². The first kappa shape index (κ1) is 47.8. The standard InChI is InChI=1S/C38H41N7O10.C7H12O2/c1-5-51-37-41-33-15-9-14-32(36(46)55-25(3)50-4)34(33)43(37)21-26-16-18-29(19-17-26)30-12-6-7-13-31(30)35(39)42-44(40)24(2)54-38(47)52-22-27-10-8-11-28(20-27)23-53-45(48)49;8-6-9-7-4-2-1-3-5-7/h6-20,24-25H,5,21-23,40H2,1-4H3,(H2,39,42);6-7H,1-5H2. The number of nitrogens with two attached hydrogens (primary N) is 2. The third-order valence-electron chi connectivity index (χ3n) is 9.99. The minimum atomic E-state index is -1.07. The van der Waals surface area contributed by atoms with Gasteiger partial charge in [-0.2, -0.15) is 10.1 Å². The molecule has 1 fully saturated rings. The number of aromatic nitrogens is 2. The molecule has 1 aliphatic rings. The quantitative estimate of drug-likeness (QED) is 0.00976. The van der Waals surface area contributed by atoms with Gasteiger partial charge in [0, 0.05) is 12.7 Å². The van der Waals surface area contributed by atoms with Crippen LogP contribution in [0, 0.1) is 10.1 Å². The van der Waals surface area contributed by atoms with Gasteiger partial charge in [0.05, 0.1) is 29.7 Å². The van der Waals surface area contributed by atoms with Crippen LogP contribution >= 0.6 is 0 Å². The van der Waals surface area contributed by atoms with E-state index in [-0.39, 0.29) is 25.2 Å². The van der Waals surface area contributed by atoms with Gasteiger partial charge >= 0.3 is 12.1 Å². The number of imidazole rings is 1. The number of amidine groups is 1. The fourth-order valence-electron chi connectivity index (χ4n) is 6.75. The van der Waals surface area contributed by atoms with E-state index < -0.39 is 29.7 Å². The van der Waals surface area contributed by atoms with E-state index in [9.17, 15) is 24.5 Å². The number of carbonyl (C=O) groups excluding carboxylic acids is 3. The third kappa shape index (κ3) is 13.6. The number of fused-ring (bicyclic) bond motifs is 1. The number of benzene rings is 4. The fraction of sp³-hybridized carbons (Fsp3) is 0.356. The highest BCUT2D eigenvalue weighted by Crippen LogP contribution is 2.29. The van der Waals surface area contributed by atoms with Crippen molar-refractivity contribution in [3.05, 3.63) is 129 Å². The predicted molar refractivity (Wildman–Crippen MR) is 233 cm³/mol. The molecule has 2 unspecified atom stereocenters. The van der Waals surface area contributed by atoms with Crippen molar-refractivity contribution in [1.29, 1.82) is 0 Å². The summed E-state index contributed by atoms with van der Waals surface area (Å²) < 4.78 is 33.5. The van der Waals surface area contributed by atoms with Crippen LogP contribution in [0.1, 0.15) is 85.5 Å². The number of nitrogens with zero attached hydrogens (tertiary/aromatic N) is 5. The average Bonchev–Trinajstić information content (AvgIpc) is 3.65. The summed E-state index contributed by atoms with van der Waals surface area (Å²) in [6.45, 7) is 5.87. The van der Waals surface area contributed by atoms with Crippen molar-refractivity contribution >= 4 is 35.5 Å². The number of hydrogen-bond donors (Lipinski definition) is 2. The molecule has 6 rings (SSSR count). The molecule has 0 amide bonds. The highest BCUT2D eigenvalue weighted by Gasteiger charge is 2.22. The van der Waals surface area contributed by atoms with Crippen molar-refractivity contribution in [1.82, 2.24) is 14.7 Å². The number of para-hydroxylation sites is 1. The van der Waals surface area contributed by atoms with Crippen molar-refractivity contribution in [3.8, 4) is 17.1 Å². The Bertz CT molecular complexity index is 2370. The number of hydrazone groups is 1. The lowest BCUT2D eigenvalue weighted by Gasteiger charge is -2.21. The topological polar surface area (TPSA) is 244 Å². The van der Waals surface area contributed by atoms with Crippen molar-refractivity contribution in [2.45, 2.75) is 91.3 Å². The Morgan fingerprint density at radius 1 is 0.938 bits per heavy atom. The number of methoxy groups -OCH3 is 1. The number of hydrazine groups is 1. The summed E-state index contributed by atoms with van der Waals surface area (Å²) in [5.41, 5.74) is 12.1. The molecule has 64 heavy (non-hydrogen) atoms. The van der Waals surface area contributed by atoms with E-state index in [0.717, 1.165) is 34.6 Å². The second kappa shape index (κ2) is 23.8. The predicted octanol–water partition coefficient (Wildman–Crippen LogP) is 7.00. The molecule has 5 aromatic rings. The Morgan fingerprint density at radius 2 is 1.62 bits per heavy atom. The Kier molecular flexibility index (Phi) is 17.8. The lowest BCUT2D eigenvalue weighted by atomic mass is 9.98. The maximum absolute atomic E-state index is 13.1. The molecule has 19 heteroatoms. The Morgan fingerprint density at radius 3 is 2.31 bits per heavy atom. The summed E-state index contributed by atoms with van der Waals surface area (Å²) in [6.07, 6.45) is 3.30. The molecule has 0 bridgehead atoms. The summed E-state index contributed by atoms with van der Waals surface area (Å²) in [5.74, 6) is 5.62. The SMILES string of the molecule is CCOc1nc2cccc(C(=O)OC(C)OC)c2n1Cc1ccc(-c2ccccc2/C(N)=N/N(N)C(C)OC(=O)OCc2cccc(CO[N+](=O)[O-])c2)cc1.O=COC1CCCCC1. The minimum Gasteiger partial charge on any atom is -0.465 e. The van der Waals surface area contributed by atoms with Crippen LogP contribution in [0.3, 0.4) is 0 Å². The van der Waals surface area contributed by atoms with E-state index in [4.69, 9.17) is 40.0 Å². The summed E-state index contributed by atoms with van der Waals surface area (Å²) in [5, 5.41) is 14.7. The highest BCUT2D eigenvalue weighted by molar-refractivity contribution is 6.03. The molecule has 0 aliphatic heterocycles. The second-order valence-electron chi connectivity index (χ2n) is 14.5. The van der Waals surface area contributed by atoms with Gasteiger partial charge in [0.2, 0.25) is 6.23 Å². The van der Waals surface area contributed by atoms with Gasteiger partial charge in [-0.3, -0.25) is 9.36 Å². The smallest absolute Gasteiger partial charge is 0.465 e. The highest BCUT2D eigenvalue weighted by atomic mass is 16.9. The van der Waals surface area contributed by atoms with Crippen molar-refractivity contribution in [2.24, 2.45) is 16.7 Å². The van der Waals surface area contributed by atoms with E-state index in [1.807, 2.05) is 60.0 Å². The molecule has 340 valence electrons. The minimum absolute atomic E-state index is 0.0631. The van der Waals surface area contributed by atoms with Crippen LogP contribution in [0.2, 0.25) is 0 Å². The first-order valence-corrected chi connectivity index (χ1v) is 20.6. The molecule has 2 atom stereocenters. The van der Waals surface area contributed by atoms with E-state index in [2.05, 4.69) is 14.9 Å². The largest absolute Gasteiger partial charge is 0.510 e. The van der Waals surface area contributed by atoms with Crippen LogP contribution in [0.15, 0.2) is 96.1 Å². The van der Waals surface area contributed by atoms with Gasteiger partial charge in [0.15, 0.2) is 12.1 Å². The lowest BCUT2D eigenvalue weighted by molar-refractivity contribution is -0.763. The van der Waals surface area contributed by atoms with Crippen LogP contribution in [0.25, 0.3) is 22.2 Å². The Hall–Kier alpha value is -7.25. The maximum atomic E-state index is 13.1. The zero-order chi connectivity index (χ0) is 46.0. The molecule has 19 nitrogen and oxygen atoms in total. The van der Waals surface area contributed by atoms with Gasteiger partial charge in [-0.1, -0.05) is 85.3 Å². The first-order valence-electron chi connectivity index (χ1n) is 20.6. The van der Waals surface area contributed by atoms with Crippen molar-refractivity contribution in [3.63, 3.8) is 0 Å². The molecular formula is C45H53N7O12. The number of rotatable bonds is 19. The lowest BCUT2D eigenvalue weighted by Crippen LogP contribution is -2.40. The normalized spacial score (nSPS) is 13.7. The summed E-state index contributed by atoms with van der Waals surface area (Å²) in [4.78, 5) is 54.8. The van der Waals surface area contributed by atoms with Gasteiger partial charge in [0.1, 0.15) is 19.3 Å². The number of carbonyl (C=O) groups is 3. The summed E-state index contributed by atoms with van der Waals surface area (Å²) in [7, 11) is 1.46. The van der Waals surface area contributed by atoms with E-state index in [1.165, 1.54) is 33.3 Å². The molecule has 1 aromatic heterocycles. The van der Waals surface area contributed by atoms with Crippen LogP contribution in [-0.4, -0.2) is 76.5 Å². The maximum Gasteiger partial charge on any atom is 0.510 e. The molecule has 1 aliphatic carbocycles. The Labute approximate surface area is 369 Å². The van der Waals surface area contributed by atoms with Gasteiger partial charge < -0.3 is 39.0 Å². The van der Waals surface area contributed by atoms with Crippen molar-refractivity contribution in [2.75, 3.05) is 13.7 Å². The third-order valence-corrected chi connectivity index (χ3v) is 9.99.